The van der Waals surface area contributed by atoms with Gasteiger partial charge in [0.2, 0.25) is 0 Å². The van der Waals surface area contributed by atoms with Crippen LogP contribution < -0.4 is 9.47 Å². The van der Waals surface area contributed by atoms with Gasteiger partial charge in [-0.15, -0.1) is 0 Å². The molecule has 1 aromatic rings. The van der Waals surface area contributed by atoms with Crippen LogP contribution in [0.15, 0.2) is 18.2 Å². The summed E-state index contributed by atoms with van der Waals surface area (Å²) in [5.41, 5.74) is 1.25. The van der Waals surface area contributed by atoms with E-state index in [4.69, 9.17) is 9.47 Å². The molecular formula is C21H31NO4. The molecule has 2 heterocycles. The fraction of sp³-hybridized carbons (Fsp3) is 0.667. The predicted molar refractivity (Wildman–Crippen MR) is 101 cm³/mol. The first-order chi connectivity index (χ1) is 12.6. The maximum atomic E-state index is 11.2. The number of nitrogens with zero attached hydrogens (tertiary/aromatic N) is 1. The van der Waals surface area contributed by atoms with Crippen molar-refractivity contribution in [2.75, 3.05) is 26.3 Å². The first-order valence-corrected chi connectivity index (χ1v) is 9.93. The number of likely N-dealkylation sites (tertiary alicyclic amines) is 1. The Bertz CT molecular complexity index is 622. The van der Waals surface area contributed by atoms with Crippen LogP contribution in [0.3, 0.4) is 0 Å². The molecule has 1 aromatic carbocycles. The van der Waals surface area contributed by atoms with Crippen LogP contribution in [0.25, 0.3) is 0 Å². The smallest absolute Gasteiger partial charge is 0.320 e. The van der Waals surface area contributed by atoms with Crippen molar-refractivity contribution in [1.82, 2.24) is 4.90 Å². The molecule has 1 spiro atoms. The largest absolute Gasteiger partial charge is 0.494 e. The van der Waals surface area contributed by atoms with Crippen molar-refractivity contribution in [1.29, 1.82) is 0 Å². The summed E-state index contributed by atoms with van der Waals surface area (Å²) in [5, 5.41) is 9.24. The highest BCUT2D eigenvalue weighted by Gasteiger charge is 2.44. The van der Waals surface area contributed by atoms with E-state index in [1.165, 1.54) is 24.8 Å². The average molecular weight is 361 g/mol. The van der Waals surface area contributed by atoms with E-state index in [2.05, 4.69) is 17.9 Å². The molecule has 1 fully saturated rings. The van der Waals surface area contributed by atoms with Gasteiger partial charge in [0.1, 0.15) is 17.5 Å². The molecule has 144 valence electrons. The summed E-state index contributed by atoms with van der Waals surface area (Å²) in [5.74, 6) is 1.14. The number of ether oxygens (including phenoxy) is 2. The Hall–Kier alpha value is -1.75. The molecule has 5 nitrogen and oxygen atoms in total. The van der Waals surface area contributed by atoms with Crippen LogP contribution in [0.1, 0.15) is 57.9 Å². The topological polar surface area (TPSA) is 59.0 Å². The second-order valence-corrected chi connectivity index (χ2v) is 7.69. The molecule has 1 unspecified atom stereocenters. The SMILES string of the molecule is CCCCCCOc1ccc2c(c1)C1(CCN(C(C)C(=O)O)CC1)CO2. The first kappa shape index (κ1) is 19.0. The highest BCUT2D eigenvalue weighted by atomic mass is 16.5. The summed E-state index contributed by atoms with van der Waals surface area (Å²) in [4.78, 5) is 13.3. The van der Waals surface area contributed by atoms with Crippen molar-refractivity contribution in [3.63, 3.8) is 0 Å². The number of carboxylic acid groups (broad SMARTS) is 1. The van der Waals surface area contributed by atoms with E-state index < -0.39 is 12.0 Å². The number of unbranched alkanes of at least 4 members (excludes halogenated alkanes) is 3. The number of aliphatic carboxylic acids is 1. The maximum Gasteiger partial charge on any atom is 0.320 e. The zero-order chi connectivity index (χ0) is 18.6. The van der Waals surface area contributed by atoms with E-state index in [0.29, 0.717) is 6.61 Å². The summed E-state index contributed by atoms with van der Waals surface area (Å²) >= 11 is 0. The van der Waals surface area contributed by atoms with Gasteiger partial charge in [0.05, 0.1) is 13.2 Å². The van der Waals surface area contributed by atoms with Gasteiger partial charge in [0.15, 0.2) is 0 Å². The Balaban J connectivity index is 1.63. The number of hydrogen-bond donors (Lipinski definition) is 1. The second kappa shape index (κ2) is 8.30. The van der Waals surface area contributed by atoms with Crippen LogP contribution in [0.2, 0.25) is 0 Å². The molecule has 5 heteroatoms. The monoisotopic (exact) mass is 361 g/mol. The Morgan fingerprint density at radius 1 is 1.31 bits per heavy atom. The third-order valence-electron chi connectivity index (χ3n) is 5.95. The van der Waals surface area contributed by atoms with Gasteiger partial charge in [-0.1, -0.05) is 26.2 Å². The minimum Gasteiger partial charge on any atom is -0.494 e. The number of rotatable bonds is 8. The van der Waals surface area contributed by atoms with Crippen molar-refractivity contribution in [3.8, 4) is 11.5 Å². The standard InChI is InChI=1S/C21H31NO4/c1-3-4-5-6-13-25-17-7-8-19-18(14-17)21(15-26-19)9-11-22(12-10-21)16(2)20(23)24/h7-8,14,16H,3-6,9-13,15H2,1-2H3,(H,23,24). The van der Waals surface area contributed by atoms with E-state index >= 15 is 0 Å². The Kier molecular flexibility index (Phi) is 6.07. The normalized spacial score (nSPS) is 19.8. The minimum atomic E-state index is -0.747. The van der Waals surface area contributed by atoms with Gasteiger partial charge < -0.3 is 14.6 Å². The lowest BCUT2D eigenvalue weighted by molar-refractivity contribution is -0.143. The van der Waals surface area contributed by atoms with Gasteiger partial charge in [-0.3, -0.25) is 9.69 Å². The molecule has 1 saturated heterocycles. The van der Waals surface area contributed by atoms with Crippen molar-refractivity contribution in [2.24, 2.45) is 0 Å². The molecule has 0 bridgehead atoms. The van der Waals surface area contributed by atoms with Crippen LogP contribution in [0, 0.1) is 0 Å². The molecule has 0 radical (unpaired) electrons. The van der Waals surface area contributed by atoms with Crippen molar-refractivity contribution in [3.05, 3.63) is 23.8 Å². The van der Waals surface area contributed by atoms with Crippen molar-refractivity contribution < 1.29 is 19.4 Å². The Morgan fingerprint density at radius 3 is 2.77 bits per heavy atom. The van der Waals surface area contributed by atoms with E-state index in [1.807, 2.05) is 12.1 Å². The van der Waals surface area contributed by atoms with Gasteiger partial charge in [0, 0.05) is 11.0 Å². The molecule has 0 aromatic heterocycles. The molecule has 0 amide bonds. The zero-order valence-corrected chi connectivity index (χ0v) is 16.0. The fourth-order valence-corrected chi connectivity index (χ4v) is 4.06. The number of carbonyl (C=O) groups is 1. The average Bonchev–Trinajstić information content (AvgIpc) is 2.99. The lowest BCUT2D eigenvalue weighted by atomic mass is 9.74. The number of fused-ring (bicyclic) bond motifs is 2. The molecular weight excluding hydrogens is 330 g/mol. The van der Waals surface area contributed by atoms with Crippen molar-refractivity contribution >= 4 is 5.97 Å². The summed E-state index contributed by atoms with van der Waals surface area (Å²) in [7, 11) is 0. The van der Waals surface area contributed by atoms with Gasteiger partial charge in [-0.2, -0.15) is 0 Å². The lowest BCUT2D eigenvalue weighted by Gasteiger charge is -2.40. The van der Waals surface area contributed by atoms with Crippen LogP contribution in [0.4, 0.5) is 0 Å². The molecule has 1 N–H and O–H groups in total. The summed E-state index contributed by atoms with van der Waals surface area (Å²) in [6.07, 6.45) is 6.65. The number of hydrogen-bond acceptors (Lipinski definition) is 4. The molecule has 3 rings (SSSR count). The van der Waals surface area contributed by atoms with Gasteiger partial charge >= 0.3 is 5.97 Å². The summed E-state index contributed by atoms with van der Waals surface area (Å²) < 4.78 is 11.9. The van der Waals surface area contributed by atoms with E-state index in [-0.39, 0.29) is 5.41 Å². The second-order valence-electron chi connectivity index (χ2n) is 7.69. The number of piperidine rings is 1. The van der Waals surface area contributed by atoms with Crippen LogP contribution >= 0.6 is 0 Å². The predicted octanol–water partition coefficient (Wildman–Crippen LogP) is 3.84. The summed E-state index contributed by atoms with van der Waals surface area (Å²) in [6.45, 7) is 7.01. The third-order valence-corrected chi connectivity index (χ3v) is 5.95. The third kappa shape index (κ3) is 3.98. The zero-order valence-electron chi connectivity index (χ0n) is 16.0. The maximum absolute atomic E-state index is 11.2. The highest BCUT2D eigenvalue weighted by molar-refractivity contribution is 5.72. The van der Waals surface area contributed by atoms with Gasteiger partial charge in [0.25, 0.3) is 0 Å². The quantitative estimate of drug-likeness (QED) is 0.713. The Labute approximate surface area is 156 Å². The minimum absolute atomic E-state index is 0.00559. The van der Waals surface area contributed by atoms with Crippen molar-refractivity contribution in [2.45, 2.75) is 63.8 Å². The lowest BCUT2D eigenvalue weighted by Crippen LogP contribution is -2.49. The molecule has 0 aliphatic carbocycles. The highest BCUT2D eigenvalue weighted by Crippen LogP contribution is 2.47. The molecule has 1 atom stereocenters. The number of benzene rings is 1. The molecule has 2 aliphatic heterocycles. The van der Waals surface area contributed by atoms with E-state index in [1.54, 1.807) is 6.92 Å². The van der Waals surface area contributed by atoms with E-state index in [9.17, 15) is 9.90 Å². The van der Waals surface area contributed by atoms with Crippen LogP contribution in [0.5, 0.6) is 11.5 Å². The van der Waals surface area contributed by atoms with E-state index in [0.717, 1.165) is 50.5 Å². The van der Waals surface area contributed by atoms with Crippen LogP contribution in [-0.2, 0) is 10.2 Å². The number of carboxylic acids is 1. The molecule has 0 saturated carbocycles. The fourth-order valence-electron chi connectivity index (χ4n) is 4.06. The van der Waals surface area contributed by atoms with Gasteiger partial charge in [-0.05, 0) is 57.5 Å². The summed E-state index contributed by atoms with van der Waals surface area (Å²) in [6, 6.07) is 5.75. The first-order valence-electron chi connectivity index (χ1n) is 9.93. The van der Waals surface area contributed by atoms with Gasteiger partial charge in [-0.25, -0.2) is 0 Å². The molecule has 26 heavy (non-hydrogen) atoms. The van der Waals surface area contributed by atoms with Crippen LogP contribution in [-0.4, -0.2) is 48.3 Å². The molecule has 2 aliphatic rings. The Morgan fingerprint density at radius 2 is 2.08 bits per heavy atom.